The van der Waals surface area contributed by atoms with Gasteiger partial charge in [-0.15, -0.1) is 0 Å². The quantitative estimate of drug-likeness (QED) is 0.844. The first kappa shape index (κ1) is 16.3. The Bertz CT molecular complexity index is 763. The van der Waals surface area contributed by atoms with Crippen molar-refractivity contribution in [3.63, 3.8) is 0 Å². The summed E-state index contributed by atoms with van der Waals surface area (Å²) in [7, 11) is 0. The summed E-state index contributed by atoms with van der Waals surface area (Å²) in [6, 6.07) is 8.50. The Kier molecular flexibility index (Phi) is 4.57. The standard InChI is InChI=1S/C20H25N3O2/c1-15-2-3-18-17(14-15)19(4-7-21-18)22-8-5-16(6-9-22)20(24)23-10-12-25-13-11-23/h2-4,7,14,16H,5-6,8-13H2,1H3. The minimum Gasteiger partial charge on any atom is -0.378 e. The summed E-state index contributed by atoms with van der Waals surface area (Å²) in [5.41, 5.74) is 3.53. The fraction of sp³-hybridized carbons (Fsp3) is 0.500. The van der Waals surface area contributed by atoms with E-state index in [-0.39, 0.29) is 5.92 Å². The number of fused-ring (bicyclic) bond motifs is 1. The van der Waals surface area contributed by atoms with E-state index in [4.69, 9.17) is 4.74 Å². The Morgan fingerprint density at radius 3 is 2.64 bits per heavy atom. The predicted molar refractivity (Wildman–Crippen MR) is 98.8 cm³/mol. The second kappa shape index (κ2) is 7.00. The Morgan fingerprint density at radius 2 is 1.88 bits per heavy atom. The van der Waals surface area contributed by atoms with Crippen LogP contribution in [0.1, 0.15) is 18.4 Å². The van der Waals surface area contributed by atoms with Crippen molar-refractivity contribution in [1.29, 1.82) is 0 Å². The number of hydrogen-bond acceptors (Lipinski definition) is 4. The molecule has 3 heterocycles. The molecule has 0 N–H and O–H groups in total. The molecule has 0 bridgehead atoms. The molecule has 0 unspecified atom stereocenters. The molecule has 0 saturated carbocycles. The SMILES string of the molecule is Cc1ccc2nccc(N3CCC(C(=O)N4CCOCC4)CC3)c2c1. The monoisotopic (exact) mass is 339 g/mol. The Balaban J connectivity index is 1.47. The van der Waals surface area contributed by atoms with Crippen molar-refractivity contribution in [3.05, 3.63) is 36.0 Å². The van der Waals surface area contributed by atoms with E-state index in [1.165, 1.54) is 16.6 Å². The van der Waals surface area contributed by atoms with E-state index in [1.807, 2.05) is 11.1 Å². The number of rotatable bonds is 2. The molecular weight excluding hydrogens is 314 g/mol. The number of aryl methyl sites for hydroxylation is 1. The lowest BCUT2D eigenvalue weighted by atomic mass is 9.94. The number of benzene rings is 1. The smallest absolute Gasteiger partial charge is 0.225 e. The topological polar surface area (TPSA) is 45.7 Å². The van der Waals surface area contributed by atoms with Gasteiger partial charge in [-0.3, -0.25) is 9.78 Å². The summed E-state index contributed by atoms with van der Waals surface area (Å²) in [5, 5.41) is 1.21. The third-order valence-corrected chi connectivity index (χ3v) is 5.38. The first-order valence-corrected chi connectivity index (χ1v) is 9.19. The minimum absolute atomic E-state index is 0.157. The van der Waals surface area contributed by atoms with Crippen molar-refractivity contribution in [3.8, 4) is 0 Å². The lowest BCUT2D eigenvalue weighted by molar-refractivity contribution is -0.140. The molecule has 2 aliphatic rings. The van der Waals surface area contributed by atoms with Crippen LogP contribution in [0.5, 0.6) is 0 Å². The highest BCUT2D eigenvalue weighted by Crippen LogP contribution is 2.30. The highest BCUT2D eigenvalue weighted by Gasteiger charge is 2.29. The summed E-state index contributed by atoms with van der Waals surface area (Å²) in [4.78, 5) is 21.6. The molecule has 1 aromatic carbocycles. The second-order valence-corrected chi connectivity index (χ2v) is 7.05. The van der Waals surface area contributed by atoms with Gasteiger partial charge in [0.1, 0.15) is 0 Å². The Morgan fingerprint density at radius 1 is 1.12 bits per heavy atom. The third-order valence-electron chi connectivity index (χ3n) is 5.38. The highest BCUT2D eigenvalue weighted by atomic mass is 16.5. The highest BCUT2D eigenvalue weighted by molar-refractivity contribution is 5.92. The number of pyridine rings is 1. The van der Waals surface area contributed by atoms with Gasteiger partial charge in [-0.1, -0.05) is 11.6 Å². The largest absolute Gasteiger partial charge is 0.378 e. The lowest BCUT2D eigenvalue weighted by Crippen LogP contribution is -2.46. The molecule has 5 nitrogen and oxygen atoms in total. The van der Waals surface area contributed by atoms with Crippen molar-refractivity contribution < 1.29 is 9.53 Å². The maximum Gasteiger partial charge on any atom is 0.225 e. The second-order valence-electron chi connectivity index (χ2n) is 7.05. The molecule has 2 fully saturated rings. The molecule has 2 aromatic rings. The summed E-state index contributed by atoms with van der Waals surface area (Å²) in [5.74, 6) is 0.475. The Hall–Kier alpha value is -2.14. The lowest BCUT2D eigenvalue weighted by Gasteiger charge is -2.36. The molecule has 25 heavy (non-hydrogen) atoms. The molecule has 0 aliphatic carbocycles. The van der Waals surface area contributed by atoms with Gasteiger partial charge in [0.05, 0.1) is 18.7 Å². The molecule has 5 heteroatoms. The first-order valence-electron chi connectivity index (χ1n) is 9.19. The van der Waals surface area contributed by atoms with Crippen LogP contribution in [0.2, 0.25) is 0 Å². The molecule has 0 atom stereocenters. The van der Waals surface area contributed by atoms with Crippen LogP contribution in [0.25, 0.3) is 10.9 Å². The number of carbonyl (C=O) groups is 1. The van der Waals surface area contributed by atoms with Crippen LogP contribution < -0.4 is 4.90 Å². The predicted octanol–water partition coefficient (Wildman–Crippen LogP) is 2.62. The fourth-order valence-corrected chi connectivity index (χ4v) is 3.93. The van der Waals surface area contributed by atoms with E-state index < -0.39 is 0 Å². The average molecular weight is 339 g/mol. The molecule has 0 radical (unpaired) electrons. The normalized spacial score (nSPS) is 19.4. The number of amides is 1. The number of carbonyl (C=O) groups excluding carboxylic acids is 1. The summed E-state index contributed by atoms with van der Waals surface area (Å²) in [6.45, 7) is 6.80. The number of hydrogen-bond donors (Lipinski definition) is 0. The van der Waals surface area contributed by atoms with Crippen LogP contribution in [0.3, 0.4) is 0 Å². The zero-order valence-corrected chi connectivity index (χ0v) is 14.8. The first-order chi connectivity index (χ1) is 12.2. The Labute approximate surface area is 148 Å². The summed E-state index contributed by atoms with van der Waals surface area (Å²) < 4.78 is 5.35. The summed E-state index contributed by atoms with van der Waals surface area (Å²) in [6.07, 6.45) is 3.73. The molecule has 132 valence electrons. The number of ether oxygens (including phenoxy) is 1. The van der Waals surface area contributed by atoms with Gasteiger partial charge in [0, 0.05) is 49.4 Å². The van der Waals surface area contributed by atoms with E-state index in [0.29, 0.717) is 19.1 Å². The number of piperidine rings is 1. The van der Waals surface area contributed by atoms with Crippen molar-refractivity contribution in [1.82, 2.24) is 9.88 Å². The van der Waals surface area contributed by atoms with Crippen molar-refractivity contribution in [2.45, 2.75) is 19.8 Å². The number of aromatic nitrogens is 1. The molecular formula is C20H25N3O2. The third kappa shape index (κ3) is 3.33. The van der Waals surface area contributed by atoms with Crippen LogP contribution in [0.15, 0.2) is 30.5 Å². The molecule has 0 spiro atoms. The van der Waals surface area contributed by atoms with E-state index in [1.54, 1.807) is 0 Å². The van der Waals surface area contributed by atoms with Gasteiger partial charge in [-0.25, -0.2) is 0 Å². The van der Waals surface area contributed by atoms with Gasteiger partial charge >= 0.3 is 0 Å². The van der Waals surface area contributed by atoms with Gasteiger partial charge in [0.25, 0.3) is 0 Å². The van der Waals surface area contributed by atoms with Crippen molar-refractivity contribution >= 4 is 22.5 Å². The van der Waals surface area contributed by atoms with Crippen LogP contribution >= 0.6 is 0 Å². The van der Waals surface area contributed by atoms with E-state index in [9.17, 15) is 4.79 Å². The number of morpholine rings is 1. The van der Waals surface area contributed by atoms with Gasteiger partial charge in [0.2, 0.25) is 5.91 Å². The molecule has 4 rings (SSSR count). The van der Waals surface area contributed by atoms with Gasteiger partial charge in [-0.05, 0) is 38.0 Å². The van der Waals surface area contributed by atoms with Crippen LogP contribution in [-0.4, -0.2) is 55.2 Å². The fourth-order valence-electron chi connectivity index (χ4n) is 3.93. The zero-order valence-electron chi connectivity index (χ0n) is 14.8. The van der Waals surface area contributed by atoms with Crippen LogP contribution in [0.4, 0.5) is 5.69 Å². The van der Waals surface area contributed by atoms with Crippen molar-refractivity contribution in [2.75, 3.05) is 44.3 Å². The van der Waals surface area contributed by atoms with E-state index in [2.05, 4.69) is 41.1 Å². The molecule has 1 aromatic heterocycles. The molecule has 1 amide bonds. The number of anilines is 1. The minimum atomic E-state index is 0.157. The summed E-state index contributed by atoms with van der Waals surface area (Å²) >= 11 is 0. The van der Waals surface area contributed by atoms with E-state index >= 15 is 0 Å². The zero-order chi connectivity index (χ0) is 17.2. The van der Waals surface area contributed by atoms with E-state index in [0.717, 1.165) is 44.5 Å². The molecule has 2 saturated heterocycles. The van der Waals surface area contributed by atoms with Gasteiger partial charge in [-0.2, -0.15) is 0 Å². The maximum absolute atomic E-state index is 12.7. The van der Waals surface area contributed by atoms with Crippen LogP contribution in [-0.2, 0) is 9.53 Å². The van der Waals surface area contributed by atoms with Gasteiger partial charge in [0.15, 0.2) is 0 Å². The van der Waals surface area contributed by atoms with Gasteiger partial charge < -0.3 is 14.5 Å². The van der Waals surface area contributed by atoms with Crippen molar-refractivity contribution in [2.24, 2.45) is 5.92 Å². The average Bonchev–Trinajstić information content (AvgIpc) is 2.68. The number of nitrogens with zero attached hydrogens (tertiary/aromatic N) is 3. The maximum atomic E-state index is 12.7. The molecule has 2 aliphatic heterocycles. The van der Waals surface area contributed by atoms with Crippen LogP contribution in [0, 0.1) is 12.8 Å².